The van der Waals surface area contributed by atoms with E-state index in [2.05, 4.69) is 0 Å². The molecule has 0 fully saturated rings. The summed E-state index contributed by atoms with van der Waals surface area (Å²) in [6, 6.07) is 7.03. The van der Waals surface area contributed by atoms with E-state index in [-0.39, 0.29) is 17.8 Å². The minimum atomic E-state index is -3.34. The molecule has 0 bridgehead atoms. The number of hydrogen-bond acceptors (Lipinski definition) is 3. The first-order chi connectivity index (χ1) is 9.86. The van der Waals surface area contributed by atoms with Crippen molar-refractivity contribution >= 4 is 5.69 Å². The maximum absolute atomic E-state index is 14.2. The van der Waals surface area contributed by atoms with Gasteiger partial charge in [0.15, 0.2) is 0 Å². The molecular formula is C14H15F2N3O2. The van der Waals surface area contributed by atoms with Crippen LogP contribution in [0.4, 0.5) is 14.5 Å². The van der Waals surface area contributed by atoms with Crippen molar-refractivity contribution in [1.82, 2.24) is 9.13 Å². The van der Waals surface area contributed by atoms with Gasteiger partial charge in [-0.25, -0.2) is 4.79 Å². The fourth-order valence-electron chi connectivity index (χ4n) is 2.01. The average molecular weight is 295 g/mol. The molecule has 0 spiro atoms. The van der Waals surface area contributed by atoms with Gasteiger partial charge in [0.2, 0.25) is 0 Å². The minimum Gasteiger partial charge on any atom is -0.393 e. The molecule has 7 heteroatoms. The lowest BCUT2D eigenvalue weighted by atomic mass is 10.1. The number of aryl methyl sites for hydroxylation is 1. The lowest BCUT2D eigenvalue weighted by molar-refractivity contribution is -0.0245. The van der Waals surface area contributed by atoms with E-state index >= 15 is 0 Å². The van der Waals surface area contributed by atoms with Crippen LogP contribution in [0, 0.1) is 0 Å². The van der Waals surface area contributed by atoms with Crippen molar-refractivity contribution in [2.45, 2.75) is 25.9 Å². The van der Waals surface area contributed by atoms with Crippen LogP contribution in [-0.4, -0.2) is 9.13 Å². The third-order valence-electron chi connectivity index (χ3n) is 3.16. The van der Waals surface area contributed by atoms with Crippen LogP contribution in [0.2, 0.25) is 0 Å². The Morgan fingerprint density at radius 1 is 1.19 bits per heavy atom. The van der Waals surface area contributed by atoms with E-state index < -0.39 is 23.7 Å². The molecular weight excluding hydrogens is 280 g/mol. The SMILES string of the molecule is CCn1cc(N)c(=O)n(CC(F)(F)c2ccccc2)c1=O. The van der Waals surface area contributed by atoms with Crippen molar-refractivity contribution in [1.29, 1.82) is 0 Å². The highest BCUT2D eigenvalue weighted by Crippen LogP contribution is 2.28. The van der Waals surface area contributed by atoms with Gasteiger partial charge in [-0.05, 0) is 6.92 Å². The summed E-state index contributed by atoms with van der Waals surface area (Å²) in [5, 5.41) is 0. The van der Waals surface area contributed by atoms with Gasteiger partial charge in [-0.2, -0.15) is 8.78 Å². The Balaban J connectivity index is 2.52. The highest BCUT2D eigenvalue weighted by Gasteiger charge is 2.33. The number of nitrogens with two attached hydrogens (primary N) is 1. The largest absolute Gasteiger partial charge is 0.393 e. The Morgan fingerprint density at radius 2 is 1.81 bits per heavy atom. The molecule has 0 amide bonds. The molecule has 1 heterocycles. The van der Waals surface area contributed by atoms with E-state index in [0.29, 0.717) is 4.57 Å². The highest BCUT2D eigenvalue weighted by molar-refractivity contribution is 5.31. The van der Waals surface area contributed by atoms with Crippen molar-refractivity contribution in [3.8, 4) is 0 Å². The van der Waals surface area contributed by atoms with Crippen LogP contribution in [0.5, 0.6) is 0 Å². The predicted octanol–water partition coefficient (Wildman–Crippen LogP) is 1.40. The van der Waals surface area contributed by atoms with Gasteiger partial charge in [0, 0.05) is 18.3 Å². The van der Waals surface area contributed by atoms with Crippen molar-refractivity contribution in [2.75, 3.05) is 5.73 Å². The molecule has 0 atom stereocenters. The molecule has 2 aromatic rings. The third kappa shape index (κ3) is 2.86. The molecule has 0 saturated carbocycles. The Hall–Kier alpha value is -2.44. The molecule has 1 aromatic heterocycles. The van der Waals surface area contributed by atoms with Gasteiger partial charge in [-0.1, -0.05) is 30.3 Å². The fraction of sp³-hybridized carbons (Fsp3) is 0.286. The number of anilines is 1. The quantitative estimate of drug-likeness (QED) is 0.927. The summed E-state index contributed by atoms with van der Waals surface area (Å²) in [4.78, 5) is 23.9. The number of nitrogens with zero attached hydrogens (tertiary/aromatic N) is 2. The lowest BCUT2D eigenvalue weighted by Gasteiger charge is -2.18. The summed E-state index contributed by atoms with van der Waals surface area (Å²) in [6.07, 6.45) is 1.17. The maximum Gasteiger partial charge on any atom is 0.331 e. The van der Waals surface area contributed by atoms with Gasteiger partial charge >= 0.3 is 5.69 Å². The molecule has 0 aliphatic carbocycles. The molecule has 0 aliphatic rings. The third-order valence-corrected chi connectivity index (χ3v) is 3.16. The zero-order chi connectivity index (χ0) is 15.6. The predicted molar refractivity (Wildman–Crippen MR) is 75.4 cm³/mol. The molecule has 1 aromatic carbocycles. The second-order valence-electron chi connectivity index (χ2n) is 4.61. The number of hydrogen-bond donors (Lipinski definition) is 1. The van der Waals surface area contributed by atoms with Crippen LogP contribution in [0.25, 0.3) is 0 Å². The normalized spacial score (nSPS) is 11.6. The maximum atomic E-state index is 14.2. The monoisotopic (exact) mass is 295 g/mol. The second-order valence-corrected chi connectivity index (χ2v) is 4.61. The molecule has 5 nitrogen and oxygen atoms in total. The van der Waals surface area contributed by atoms with Crippen LogP contribution in [0.15, 0.2) is 46.1 Å². The Kier molecular flexibility index (Phi) is 3.93. The Labute approximate surface area is 119 Å². The molecule has 2 rings (SSSR count). The Bertz CT molecular complexity index is 751. The minimum absolute atomic E-state index is 0.236. The summed E-state index contributed by atoms with van der Waals surface area (Å²) < 4.78 is 30.0. The number of alkyl halides is 2. The van der Waals surface area contributed by atoms with Gasteiger partial charge in [0.1, 0.15) is 5.69 Å². The second kappa shape index (κ2) is 5.51. The summed E-state index contributed by atoms with van der Waals surface area (Å²) in [5.41, 5.74) is 3.29. The van der Waals surface area contributed by atoms with Crippen molar-refractivity contribution in [2.24, 2.45) is 0 Å². The summed E-state index contributed by atoms with van der Waals surface area (Å²) in [7, 11) is 0. The molecule has 21 heavy (non-hydrogen) atoms. The summed E-state index contributed by atoms with van der Waals surface area (Å²) in [6.45, 7) is 0.852. The molecule has 0 aliphatic heterocycles. The van der Waals surface area contributed by atoms with Crippen LogP contribution >= 0.6 is 0 Å². The number of rotatable bonds is 4. The first kappa shape index (κ1) is 15.0. The van der Waals surface area contributed by atoms with Crippen molar-refractivity contribution < 1.29 is 8.78 Å². The Morgan fingerprint density at radius 3 is 2.38 bits per heavy atom. The van der Waals surface area contributed by atoms with Crippen LogP contribution in [-0.2, 0) is 19.0 Å². The molecule has 2 N–H and O–H groups in total. The van der Waals surface area contributed by atoms with Gasteiger partial charge in [-0.3, -0.25) is 13.9 Å². The van der Waals surface area contributed by atoms with Gasteiger partial charge in [-0.15, -0.1) is 0 Å². The molecule has 112 valence electrons. The first-order valence-corrected chi connectivity index (χ1v) is 6.40. The molecule has 0 saturated heterocycles. The average Bonchev–Trinajstić information content (AvgIpc) is 2.48. The van der Waals surface area contributed by atoms with E-state index in [1.54, 1.807) is 13.0 Å². The van der Waals surface area contributed by atoms with E-state index in [0.717, 1.165) is 4.57 Å². The standard InChI is InChI=1S/C14H15F2N3O2/c1-2-18-8-11(17)12(20)19(13(18)21)9-14(15,16)10-6-4-3-5-7-10/h3-8H,2,9,17H2,1H3. The van der Waals surface area contributed by atoms with Crippen molar-refractivity contribution in [3.63, 3.8) is 0 Å². The summed E-state index contributed by atoms with van der Waals surface area (Å²) >= 11 is 0. The van der Waals surface area contributed by atoms with Crippen LogP contribution < -0.4 is 17.0 Å². The number of benzene rings is 1. The molecule has 0 unspecified atom stereocenters. The van der Waals surface area contributed by atoms with Crippen LogP contribution in [0.1, 0.15) is 12.5 Å². The smallest absolute Gasteiger partial charge is 0.331 e. The zero-order valence-corrected chi connectivity index (χ0v) is 11.4. The number of nitrogen functional groups attached to an aromatic ring is 1. The van der Waals surface area contributed by atoms with E-state index in [1.165, 1.54) is 30.5 Å². The number of aromatic nitrogens is 2. The van der Waals surface area contributed by atoms with Crippen molar-refractivity contribution in [3.05, 3.63) is 62.9 Å². The van der Waals surface area contributed by atoms with E-state index in [9.17, 15) is 18.4 Å². The van der Waals surface area contributed by atoms with Gasteiger partial charge in [0.05, 0.1) is 6.54 Å². The van der Waals surface area contributed by atoms with Gasteiger partial charge in [0.25, 0.3) is 11.5 Å². The topological polar surface area (TPSA) is 70.0 Å². The molecule has 0 radical (unpaired) electrons. The van der Waals surface area contributed by atoms with Crippen LogP contribution in [0.3, 0.4) is 0 Å². The first-order valence-electron chi connectivity index (χ1n) is 6.40. The van der Waals surface area contributed by atoms with E-state index in [4.69, 9.17) is 5.73 Å². The summed E-state index contributed by atoms with van der Waals surface area (Å²) in [5.74, 6) is -3.34. The van der Waals surface area contributed by atoms with E-state index in [1.807, 2.05) is 0 Å². The lowest BCUT2D eigenvalue weighted by Crippen LogP contribution is -2.43. The zero-order valence-electron chi connectivity index (χ0n) is 11.4. The fourth-order valence-corrected chi connectivity index (χ4v) is 2.01. The number of halogens is 2. The van der Waals surface area contributed by atoms with Gasteiger partial charge < -0.3 is 5.73 Å². The highest BCUT2D eigenvalue weighted by atomic mass is 19.3.